The number of nitrogens with zero attached hydrogens (tertiary/aromatic N) is 1. The Hall–Kier alpha value is -0.0800. The van der Waals surface area contributed by atoms with Gasteiger partial charge in [0, 0.05) is 19.1 Å². The van der Waals surface area contributed by atoms with Gasteiger partial charge in [-0.25, -0.2) is 0 Å². The molecular formula is C17H36N2. The molecule has 0 radical (unpaired) electrons. The van der Waals surface area contributed by atoms with Crippen LogP contribution in [0.2, 0.25) is 0 Å². The van der Waals surface area contributed by atoms with Crippen LogP contribution in [0.1, 0.15) is 72.1 Å². The molecule has 1 rings (SSSR count). The molecule has 114 valence electrons. The Kier molecular flexibility index (Phi) is 9.54. The summed E-state index contributed by atoms with van der Waals surface area (Å²) in [7, 11) is 0. The fourth-order valence-corrected chi connectivity index (χ4v) is 2.99. The summed E-state index contributed by atoms with van der Waals surface area (Å²) < 4.78 is 0. The second kappa shape index (κ2) is 10.7. The lowest BCUT2D eigenvalue weighted by atomic mass is 9.87. The maximum atomic E-state index is 3.78. The van der Waals surface area contributed by atoms with Crippen LogP contribution < -0.4 is 5.32 Å². The van der Waals surface area contributed by atoms with Crippen LogP contribution in [0, 0.1) is 5.92 Å². The molecule has 1 aliphatic rings. The highest BCUT2D eigenvalue weighted by Gasteiger charge is 2.17. The van der Waals surface area contributed by atoms with Gasteiger partial charge in [0.25, 0.3) is 0 Å². The van der Waals surface area contributed by atoms with Crippen molar-refractivity contribution >= 4 is 0 Å². The molecular weight excluding hydrogens is 232 g/mol. The normalized spacial score (nSPS) is 24.0. The molecule has 1 fully saturated rings. The molecule has 0 bridgehead atoms. The molecule has 2 nitrogen and oxygen atoms in total. The van der Waals surface area contributed by atoms with E-state index in [0.717, 1.165) is 12.0 Å². The van der Waals surface area contributed by atoms with Crippen molar-refractivity contribution in [1.82, 2.24) is 10.2 Å². The van der Waals surface area contributed by atoms with Gasteiger partial charge in [-0.05, 0) is 57.5 Å². The van der Waals surface area contributed by atoms with E-state index in [1.807, 2.05) is 0 Å². The van der Waals surface area contributed by atoms with Gasteiger partial charge < -0.3 is 10.2 Å². The van der Waals surface area contributed by atoms with Crippen molar-refractivity contribution in [1.29, 1.82) is 0 Å². The average molecular weight is 268 g/mol. The zero-order valence-electron chi connectivity index (χ0n) is 13.6. The molecule has 1 N–H and O–H groups in total. The van der Waals surface area contributed by atoms with Crippen molar-refractivity contribution in [3.63, 3.8) is 0 Å². The summed E-state index contributed by atoms with van der Waals surface area (Å²) in [5.74, 6) is 0.962. The topological polar surface area (TPSA) is 15.3 Å². The molecule has 1 aliphatic carbocycles. The fourth-order valence-electron chi connectivity index (χ4n) is 2.99. The van der Waals surface area contributed by atoms with Crippen LogP contribution in [0.15, 0.2) is 0 Å². The lowest BCUT2D eigenvalue weighted by Gasteiger charge is -2.28. The van der Waals surface area contributed by atoms with Crippen molar-refractivity contribution in [2.75, 3.05) is 26.2 Å². The van der Waals surface area contributed by atoms with Gasteiger partial charge in [0.1, 0.15) is 0 Å². The maximum absolute atomic E-state index is 3.78. The zero-order valence-corrected chi connectivity index (χ0v) is 13.6. The minimum Gasteiger partial charge on any atom is -0.313 e. The van der Waals surface area contributed by atoms with E-state index >= 15 is 0 Å². The van der Waals surface area contributed by atoms with Gasteiger partial charge in [-0.3, -0.25) is 0 Å². The first-order valence-corrected chi connectivity index (χ1v) is 8.72. The molecule has 0 aromatic heterocycles. The van der Waals surface area contributed by atoms with Crippen molar-refractivity contribution in [2.24, 2.45) is 5.92 Å². The van der Waals surface area contributed by atoms with Crippen molar-refractivity contribution in [3.8, 4) is 0 Å². The lowest BCUT2D eigenvalue weighted by molar-refractivity contribution is 0.247. The smallest absolute Gasteiger partial charge is 0.0107 e. The summed E-state index contributed by atoms with van der Waals surface area (Å²) in [4.78, 5) is 2.66. The third-order valence-electron chi connectivity index (χ3n) is 4.53. The van der Waals surface area contributed by atoms with Gasteiger partial charge in [-0.1, -0.05) is 33.6 Å². The summed E-state index contributed by atoms with van der Waals surface area (Å²) in [5, 5.41) is 3.78. The van der Waals surface area contributed by atoms with Crippen LogP contribution in [0.5, 0.6) is 0 Å². The molecule has 2 heteroatoms. The van der Waals surface area contributed by atoms with Crippen LogP contribution >= 0.6 is 0 Å². The fraction of sp³-hybridized carbons (Fsp3) is 1.00. The summed E-state index contributed by atoms with van der Waals surface area (Å²) in [6.45, 7) is 12.0. The quantitative estimate of drug-likeness (QED) is 0.643. The Balaban J connectivity index is 2.12. The van der Waals surface area contributed by atoms with Crippen LogP contribution in [0.3, 0.4) is 0 Å². The molecule has 19 heavy (non-hydrogen) atoms. The molecule has 0 saturated heterocycles. The SMILES string of the molecule is CCCCN(CCCC)CCNC1CCC(C)CC1. The van der Waals surface area contributed by atoms with Crippen LogP contribution in [-0.4, -0.2) is 37.1 Å². The molecule has 0 atom stereocenters. The van der Waals surface area contributed by atoms with Crippen molar-refractivity contribution in [2.45, 2.75) is 78.2 Å². The number of hydrogen-bond acceptors (Lipinski definition) is 2. The highest BCUT2D eigenvalue weighted by atomic mass is 15.1. The third kappa shape index (κ3) is 7.94. The van der Waals surface area contributed by atoms with E-state index < -0.39 is 0 Å². The van der Waals surface area contributed by atoms with E-state index in [2.05, 4.69) is 31.0 Å². The van der Waals surface area contributed by atoms with Gasteiger partial charge in [-0.15, -0.1) is 0 Å². The van der Waals surface area contributed by atoms with E-state index in [-0.39, 0.29) is 0 Å². The van der Waals surface area contributed by atoms with E-state index in [4.69, 9.17) is 0 Å². The van der Waals surface area contributed by atoms with Crippen molar-refractivity contribution in [3.05, 3.63) is 0 Å². The standard InChI is InChI=1S/C17H36N2/c1-4-6-13-19(14-7-5-2)15-12-18-17-10-8-16(3)9-11-17/h16-18H,4-15H2,1-3H3. The van der Waals surface area contributed by atoms with Crippen LogP contribution in [0.4, 0.5) is 0 Å². The number of rotatable bonds is 10. The molecule has 0 heterocycles. The van der Waals surface area contributed by atoms with E-state index in [1.165, 1.54) is 77.5 Å². The number of unbranched alkanes of at least 4 members (excludes halogenated alkanes) is 2. The second-order valence-electron chi connectivity index (χ2n) is 6.46. The number of hydrogen-bond donors (Lipinski definition) is 1. The average Bonchev–Trinajstić information content (AvgIpc) is 2.43. The summed E-state index contributed by atoms with van der Waals surface area (Å²) in [5.41, 5.74) is 0. The van der Waals surface area contributed by atoms with Gasteiger partial charge in [-0.2, -0.15) is 0 Å². The van der Waals surface area contributed by atoms with E-state index in [9.17, 15) is 0 Å². The predicted molar refractivity (Wildman–Crippen MR) is 85.7 cm³/mol. The Morgan fingerprint density at radius 1 is 0.895 bits per heavy atom. The van der Waals surface area contributed by atoms with Gasteiger partial charge in [0.15, 0.2) is 0 Å². The summed E-state index contributed by atoms with van der Waals surface area (Å²) >= 11 is 0. The zero-order chi connectivity index (χ0) is 13.9. The second-order valence-corrected chi connectivity index (χ2v) is 6.46. The monoisotopic (exact) mass is 268 g/mol. The Morgan fingerprint density at radius 3 is 2.00 bits per heavy atom. The van der Waals surface area contributed by atoms with Crippen LogP contribution in [-0.2, 0) is 0 Å². The molecule has 0 unspecified atom stereocenters. The third-order valence-corrected chi connectivity index (χ3v) is 4.53. The summed E-state index contributed by atoms with van der Waals surface area (Å²) in [6.07, 6.45) is 11.0. The Bertz CT molecular complexity index is 189. The lowest BCUT2D eigenvalue weighted by Crippen LogP contribution is -2.39. The molecule has 1 saturated carbocycles. The van der Waals surface area contributed by atoms with Gasteiger partial charge in [0.2, 0.25) is 0 Å². The highest BCUT2D eigenvalue weighted by molar-refractivity contribution is 4.75. The molecule has 0 aromatic carbocycles. The predicted octanol–water partition coefficient (Wildman–Crippen LogP) is 4.06. The molecule has 0 amide bonds. The van der Waals surface area contributed by atoms with Gasteiger partial charge in [0.05, 0.1) is 0 Å². The first-order valence-electron chi connectivity index (χ1n) is 8.72. The molecule has 0 aromatic rings. The van der Waals surface area contributed by atoms with Crippen LogP contribution in [0.25, 0.3) is 0 Å². The number of nitrogens with one attached hydrogen (secondary N) is 1. The first kappa shape index (κ1) is 17.0. The molecule has 0 spiro atoms. The van der Waals surface area contributed by atoms with E-state index in [0.29, 0.717) is 0 Å². The minimum absolute atomic E-state index is 0.801. The highest BCUT2D eigenvalue weighted by Crippen LogP contribution is 2.23. The molecule has 0 aliphatic heterocycles. The largest absolute Gasteiger partial charge is 0.313 e. The maximum Gasteiger partial charge on any atom is 0.0107 e. The Labute approximate surface area is 121 Å². The first-order chi connectivity index (χ1) is 9.26. The minimum atomic E-state index is 0.801. The Morgan fingerprint density at radius 2 is 1.47 bits per heavy atom. The summed E-state index contributed by atoms with van der Waals surface area (Å²) in [6, 6.07) is 0.801. The van der Waals surface area contributed by atoms with Crippen molar-refractivity contribution < 1.29 is 0 Å². The van der Waals surface area contributed by atoms with Gasteiger partial charge >= 0.3 is 0 Å². The van der Waals surface area contributed by atoms with E-state index in [1.54, 1.807) is 0 Å².